The molecule has 1 N–H and O–H groups in total. The Balaban J connectivity index is 1.50. The predicted molar refractivity (Wildman–Crippen MR) is 108 cm³/mol. The van der Waals surface area contributed by atoms with Gasteiger partial charge in [-0.1, -0.05) is 17.7 Å². The summed E-state index contributed by atoms with van der Waals surface area (Å²) < 4.78 is 12.0. The Labute approximate surface area is 169 Å². The topological polar surface area (TPSA) is 81.9 Å². The molecule has 0 aliphatic carbocycles. The van der Waals surface area contributed by atoms with Crippen molar-refractivity contribution in [2.75, 3.05) is 6.79 Å². The quantitative estimate of drug-likeness (QED) is 0.527. The lowest BCUT2D eigenvalue weighted by Crippen LogP contribution is -2.25. The van der Waals surface area contributed by atoms with E-state index in [0.29, 0.717) is 39.5 Å². The van der Waals surface area contributed by atoms with Crippen LogP contribution in [-0.2, 0) is 6.54 Å². The molecule has 0 saturated heterocycles. The first-order valence-electron chi connectivity index (χ1n) is 8.87. The Morgan fingerprint density at radius 1 is 1.14 bits per heavy atom. The molecule has 0 atom stereocenters. The molecule has 0 bridgehead atoms. The molecular weight excluding hydrogens is 394 g/mol. The van der Waals surface area contributed by atoms with Gasteiger partial charge in [-0.15, -0.1) is 0 Å². The fourth-order valence-corrected chi connectivity index (χ4v) is 3.47. The number of halogens is 1. The van der Waals surface area contributed by atoms with Gasteiger partial charge in [0.05, 0.1) is 16.5 Å². The molecule has 5 rings (SSSR count). The van der Waals surface area contributed by atoms with Crippen LogP contribution in [0.4, 0.5) is 0 Å². The van der Waals surface area contributed by atoms with E-state index < -0.39 is 0 Å². The molecule has 4 aromatic rings. The third-order valence-corrected chi connectivity index (χ3v) is 4.97. The van der Waals surface area contributed by atoms with E-state index in [0.717, 1.165) is 5.56 Å². The van der Waals surface area contributed by atoms with Gasteiger partial charge >= 0.3 is 0 Å². The fourth-order valence-electron chi connectivity index (χ4n) is 3.31. The van der Waals surface area contributed by atoms with Crippen LogP contribution in [0.15, 0.2) is 59.5 Å². The Bertz CT molecular complexity index is 1350. The van der Waals surface area contributed by atoms with Crippen molar-refractivity contribution in [2.24, 2.45) is 0 Å². The van der Waals surface area contributed by atoms with Gasteiger partial charge in [-0.25, -0.2) is 4.98 Å². The van der Waals surface area contributed by atoms with Gasteiger partial charge in [0.25, 0.3) is 11.5 Å². The Hall–Kier alpha value is -3.58. The fraction of sp³-hybridized carbons (Fsp3) is 0.0952. The molecule has 2 aromatic heterocycles. The molecule has 8 heteroatoms. The summed E-state index contributed by atoms with van der Waals surface area (Å²) in [5.74, 6) is 0.996. The Morgan fingerprint density at radius 2 is 2.00 bits per heavy atom. The van der Waals surface area contributed by atoms with Gasteiger partial charge in [-0.2, -0.15) is 0 Å². The number of hydrogen-bond acceptors (Lipinski definition) is 5. The number of nitrogens with zero attached hydrogens (tertiary/aromatic N) is 2. The zero-order valence-corrected chi connectivity index (χ0v) is 15.8. The first-order chi connectivity index (χ1) is 14.1. The van der Waals surface area contributed by atoms with E-state index in [-0.39, 0.29) is 23.9 Å². The largest absolute Gasteiger partial charge is 0.454 e. The maximum absolute atomic E-state index is 12.8. The summed E-state index contributed by atoms with van der Waals surface area (Å²) in [5.41, 5.74) is 1.62. The van der Waals surface area contributed by atoms with E-state index in [2.05, 4.69) is 10.3 Å². The standard InChI is InChI=1S/C21H14ClN3O4/c22-13-4-5-14-16(9-13)24-19-15(2-1-7-25(19)21(14)27)20(26)23-10-12-3-6-17-18(8-12)29-11-28-17/h1-9H,10-11H2,(H,23,26). The van der Waals surface area contributed by atoms with Crippen LogP contribution in [-0.4, -0.2) is 22.1 Å². The van der Waals surface area contributed by atoms with Crippen molar-refractivity contribution in [3.63, 3.8) is 0 Å². The first-order valence-corrected chi connectivity index (χ1v) is 9.25. The molecule has 2 aromatic carbocycles. The molecule has 0 radical (unpaired) electrons. The summed E-state index contributed by atoms with van der Waals surface area (Å²) in [6.07, 6.45) is 1.59. The number of rotatable bonds is 3. The first kappa shape index (κ1) is 17.5. The SMILES string of the molecule is O=C(NCc1ccc2c(c1)OCO2)c1cccn2c(=O)c3ccc(Cl)cc3nc12. The third kappa shape index (κ3) is 3.05. The highest BCUT2D eigenvalue weighted by atomic mass is 35.5. The number of nitrogens with one attached hydrogen (secondary N) is 1. The highest BCUT2D eigenvalue weighted by molar-refractivity contribution is 6.31. The molecule has 0 unspecified atom stereocenters. The molecule has 29 heavy (non-hydrogen) atoms. The smallest absolute Gasteiger partial charge is 0.265 e. The summed E-state index contributed by atoms with van der Waals surface area (Å²) in [5, 5.41) is 3.77. The van der Waals surface area contributed by atoms with Crippen molar-refractivity contribution >= 4 is 34.1 Å². The molecule has 144 valence electrons. The summed E-state index contributed by atoms with van der Waals surface area (Å²) in [7, 11) is 0. The Morgan fingerprint density at radius 3 is 2.90 bits per heavy atom. The van der Waals surface area contributed by atoms with Crippen LogP contribution in [0.2, 0.25) is 5.02 Å². The highest BCUT2D eigenvalue weighted by Crippen LogP contribution is 2.32. The monoisotopic (exact) mass is 407 g/mol. The molecule has 0 spiro atoms. The molecule has 1 aliphatic rings. The van der Waals surface area contributed by atoms with E-state index in [9.17, 15) is 9.59 Å². The lowest BCUT2D eigenvalue weighted by molar-refractivity contribution is 0.0952. The number of ether oxygens (including phenoxy) is 2. The average Bonchev–Trinajstić information content (AvgIpc) is 3.19. The number of pyridine rings is 1. The summed E-state index contributed by atoms with van der Waals surface area (Å²) in [6.45, 7) is 0.486. The van der Waals surface area contributed by atoms with Crippen LogP contribution in [0.25, 0.3) is 16.6 Å². The molecule has 3 heterocycles. The second kappa shape index (κ2) is 6.79. The van der Waals surface area contributed by atoms with Gasteiger partial charge in [0.1, 0.15) is 0 Å². The molecule has 0 fully saturated rings. The zero-order valence-electron chi connectivity index (χ0n) is 15.0. The van der Waals surface area contributed by atoms with E-state index >= 15 is 0 Å². The third-order valence-electron chi connectivity index (χ3n) is 4.74. The molecule has 7 nitrogen and oxygen atoms in total. The van der Waals surface area contributed by atoms with E-state index in [4.69, 9.17) is 21.1 Å². The van der Waals surface area contributed by atoms with Crippen LogP contribution in [0.3, 0.4) is 0 Å². The van der Waals surface area contributed by atoms with Crippen LogP contribution in [0, 0.1) is 0 Å². The van der Waals surface area contributed by atoms with Crippen molar-refractivity contribution < 1.29 is 14.3 Å². The van der Waals surface area contributed by atoms with Crippen molar-refractivity contribution in [1.82, 2.24) is 14.7 Å². The van der Waals surface area contributed by atoms with Gasteiger partial charge in [-0.05, 0) is 48.0 Å². The normalized spacial score (nSPS) is 12.4. The van der Waals surface area contributed by atoms with Gasteiger partial charge in [-0.3, -0.25) is 14.0 Å². The summed E-state index contributed by atoms with van der Waals surface area (Å²) in [6, 6.07) is 13.6. The van der Waals surface area contributed by atoms with Gasteiger partial charge in [0.15, 0.2) is 17.1 Å². The molecule has 1 amide bonds. The predicted octanol–water partition coefficient (Wildman–Crippen LogP) is 3.16. The number of benzene rings is 2. The number of fused-ring (bicyclic) bond motifs is 3. The molecule has 0 saturated carbocycles. The molecule has 1 aliphatic heterocycles. The number of hydrogen-bond donors (Lipinski definition) is 1. The minimum absolute atomic E-state index is 0.194. The minimum Gasteiger partial charge on any atom is -0.454 e. The van der Waals surface area contributed by atoms with E-state index in [1.807, 2.05) is 12.1 Å². The molecular formula is C21H14ClN3O4. The van der Waals surface area contributed by atoms with Crippen molar-refractivity contribution in [3.8, 4) is 11.5 Å². The maximum atomic E-state index is 12.8. The van der Waals surface area contributed by atoms with Crippen LogP contribution in [0.1, 0.15) is 15.9 Å². The van der Waals surface area contributed by atoms with Crippen molar-refractivity contribution in [2.45, 2.75) is 6.54 Å². The van der Waals surface area contributed by atoms with Gasteiger partial charge < -0.3 is 14.8 Å². The average molecular weight is 408 g/mol. The second-order valence-corrected chi connectivity index (χ2v) is 7.00. The number of aromatic nitrogens is 2. The lowest BCUT2D eigenvalue weighted by atomic mass is 10.2. The summed E-state index contributed by atoms with van der Waals surface area (Å²) >= 11 is 6.04. The maximum Gasteiger partial charge on any atom is 0.265 e. The lowest BCUT2D eigenvalue weighted by Gasteiger charge is -2.10. The zero-order chi connectivity index (χ0) is 20.0. The van der Waals surface area contributed by atoms with E-state index in [1.165, 1.54) is 4.40 Å². The van der Waals surface area contributed by atoms with Gasteiger partial charge in [0, 0.05) is 17.8 Å². The van der Waals surface area contributed by atoms with Crippen LogP contribution >= 0.6 is 11.6 Å². The van der Waals surface area contributed by atoms with Crippen LogP contribution < -0.4 is 20.3 Å². The number of amides is 1. The van der Waals surface area contributed by atoms with Gasteiger partial charge in [0.2, 0.25) is 6.79 Å². The minimum atomic E-state index is -0.339. The second-order valence-electron chi connectivity index (χ2n) is 6.56. The Kier molecular flexibility index (Phi) is 4.10. The van der Waals surface area contributed by atoms with Crippen molar-refractivity contribution in [1.29, 1.82) is 0 Å². The van der Waals surface area contributed by atoms with E-state index in [1.54, 1.807) is 42.6 Å². The number of carbonyl (C=O) groups is 1. The summed E-state index contributed by atoms with van der Waals surface area (Å²) in [4.78, 5) is 30.1. The van der Waals surface area contributed by atoms with Crippen molar-refractivity contribution in [3.05, 3.63) is 81.2 Å². The number of carbonyl (C=O) groups excluding carboxylic acids is 1. The van der Waals surface area contributed by atoms with Crippen LogP contribution in [0.5, 0.6) is 11.5 Å². The highest BCUT2D eigenvalue weighted by Gasteiger charge is 2.16.